The smallest absolute Gasteiger partial charge is 0.432 e. The summed E-state index contributed by atoms with van der Waals surface area (Å²) in [4.78, 5) is 10.9. The maximum atomic E-state index is 10.9. The van der Waals surface area contributed by atoms with E-state index in [1.807, 2.05) is 0 Å². The molecular weight excluding hydrogens is 176 g/mol. The molecule has 0 atom stereocenters. The van der Waals surface area contributed by atoms with Crippen molar-refractivity contribution in [3.8, 4) is 0 Å². The molecule has 1 aliphatic heterocycles. The van der Waals surface area contributed by atoms with Gasteiger partial charge in [-0.1, -0.05) is 0 Å². The molecule has 0 saturated carbocycles. The molecule has 5 heteroatoms. The molecule has 0 N–H and O–H groups in total. The highest BCUT2D eigenvalue weighted by Crippen LogP contribution is 2.04. The van der Waals surface area contributed by atoms with E-state index < -0.39 is 12.4 Å². The van der Waals surface area contributed by atoms with Gasteiger partial charge in [-0.25, -0.2) is 4.79 Å². The Bertz CT molecular complexity index is 162. The minimum absolute atomic E-state index is 0.0888. The van der Waals surface area contributed by atoms with Crippen molar-refractivity contribution in [2.24, 2.45) is 0 Å². The molecule has 13 heavy (non-hydrogen) atoms. The minimum Gasteiger partial charge on any atom is -0.432 e. The predicted octanol–water partition coefficient (Wildman–Crippen LogP) is 0.921. The van der Waals surface area contributed by atoms with E-state index in [2.05, 4.69) is 0 Å². The van der Waals surface area contributed by atoms with Crippen molar-refractivity contribution in [3.63, 3.8) is 0 Å². The molecule has 0 radical (unpaired) electrons. The molecule has 0 bridgehead atoms. The molecule has 0 aromatic carbocycles. The number of carbonyl (C=O) groups is 1. The predicted molar refractivity (Wildman–Crippen MR) is 43.3 cm³/mol. The number of hydrogen-bond acceptors (Lipinski definition) is 5. The van der Waals surface area contributed by atoms with Gasteiger partial charge in [0.05, 0.1) is 19.3 Å². The second-order valence-corrected chi connectivity index (χ2v) is 2.90. The summed E-state index contributed by atoms with van der Waals surface area (Å²) in [5.74, 6) is 0. The van der Waals surface area contributed by atoms with Crippen LogP contribution in [0, 0.1) is 0 Å². The monoisotopic (exact) mass is 190 g/mol. The topological polar surface area (TPSA) is 54.0 Å². The van der Waals surface area contributed by atoms with Gasteiger partial charge in [-0.2, -0.15) is 0 Å². The van der Waals surface area contributed by atoms with E-state index in [1.165, 1.54) is 0 Å². The first-order chi connectivity index (χ1) is 6.18. The second-order valence-electron chi connectivity index (χ2n) is 2.90. The van der Waals surface area contributed by atoms with Crippen molar-refractivity contribution < 1.29 is 23.7 Å². The summed E-state index contributed by atoms with van der Waals surface area (Å²) in [7, 11) is 0. The number of hydrogen-bond donors (Lipinski definition) is 0. The first kappa shape index (κ1) is 10.3. The van der Waals surface area contributed by atoms with Gasteiger partial charge in [-0.05, 0) is 13.8 Å². The van der Waals surface area contributed by atoms with Gasteiger partial charge in [0.1, 0.15) is 6.61 Å². The lowest BCUT2D eigenvalue weighted by Crippen LogP contribution is -2.21. The van der Waals surface area contributed by atoms with Crippen LogP contribution in [0.25, 0.3) is 0 Å². The SMILES string of the molecule is CC(C)OC(=O)OCC1OCCO1. The zero-order chi connectivity index (χ0) is 9.68. The van der Waals surface area contributed by atoms with Gasteiger partial charge >= 0.3 is 6.16 Å². The Morgan fingerprint density at radius 1 is 1.46 bits per heavy atom. The van der Waals surface area contributed by atoms with E-state index in [1.54, 1.807) is 13.8 Å². The van der Waals surface area contributed by atoms with Gasteiger partial charge < -0.3 is 18.9 Å². The quantitative estimate of drug-likeness (QED) is 0.619. The first-order valence-electron chi connectivity index (χ1n) is 4.25. The largest absolute Gasteiger partial charge is 0.508 e. The molecule has 0 spiro atoms. The lowest BCUT2D eigenvalue weighted by molar-refractivity contribution is -0.0891. The Morgan fingerprint density at radius 3 is 2.62 bits per heavy atom. The third-order valence-electron chi connectivity index (χ3n) is 1.36. The summed E-state index contributed by atoms with van der Waals surface area (Å²) in [6, 6.07) is 0. The van der Waals surface area contributed by atoms with Crippen molar-refractivity contribution in [2.45, 2.75) is 26.2 Å². The molecule has 0 unspecified atom stereocenters. The van der Waals surface area contributed by atoms with Gasteiger partial charge in [0.15, 0.2) is 6.29 Å². The Hall–Kier alpha value is -0.810. The number of rotatable bonds is 3. The second kappa shape index (κ2) is 5.04. The van der Waals surface area contributed by atoms with Crippen LogP contribution in [0.3, 0.4) is 0 Å². The number of ether oxygens (including phenoxy) is 4. The van der Waals surface area contributed by atoms with Crippen molar-refractivity contribution in [3.05, 3.63) is 0 Å². The van der Waals surface area contributed by atoms with Crippen LogP contribution in [0.2, 0.25) is 0 Å². The van der Waals surface area contributed by atoms with Crippen LogP contribution < -0.4 is 0 Å². The van der Waals surface area contributed by atoms with Gasteiger partial charge in [0, 0.05) is 0 Å². The van der Waals surface area contributed by atoms with Crippen LogP contribution in [-0.2, 0) is 18.9 Å². The van der Waals surface area contributed by atoms with E-state index in [4.69, 9.17) is 18.9 Å². The Labute approximate surface area is 76.9 Å². The zero-order valence-electron chi connectivity index (χ0n) is 7.82. The molecule has 5 nitrogen and oxygen atoms in total. The maximum absolute atomic E-state index is 10.9. The average Bonchev–Trinajstić information content (AvgIpc) is 2.51. The maximum Gasteiger partial charge on any atom is 0.508 e. The lowest BCUT2D eigenvalue weighted by atomic mass is 10.5. The molecule has 1 saturated heterocycles. The van der Waals surface area contributed by atoms with Crippen LogP contribution in [0.4, 0.5) is 4.79 Å². The summed E-state index contributed by atoms with van der Waals surface area (Å²) >= 11 is 0. The van der Waals surface area contributed by atoms with Crippen molar-refractivity contribution in [1.29, 1.82) is 0 Å². The summed E-state index contributed by atoms with van der Waals surface area (Å²) in [6.07, 6.45) is -1.29. The minimum atomic E-state index is -0.686. The highest BCUT2D eigenvalue weighted by molar-refractivity contribution is 5.59. The zero-order valence-corrected chi connectivity index (χ0v) is 7.82. The molecule has 76 valence electrons. The van der Waals surface area contributed by atoms with Crippen LogP contribution in [0.5, 0.6) is 0 Å². The molecule has 1 aliphatic rings. The molecule has 0 amide bonds. The van der Waals surface area contributed by atoms with E-state index in [0.29, 0.717) is 13.2 Å². The van der Waals surface area contributed by atoms with E-state index >= 15 is 0 Å². The molecular formula is C8H14O5. The third-order valence-corrected chi connectivity index (χ3v) is 1.36. The molecule has 1 fully saturated rings. The summed E-state index contributed by atoms with van der Waals surface area (Å²) in [6.45, 7) is 4.69. The fourth-order valence-electron chi connectivity index (χ4n) is 0.866. The van der Waals surface area contributed by atoms with Crippen molar-refractivity contribution >= 4 is 6.16 Å². The third kappa shape index (κ3) is 4.10. The Morgan fingerprint density at radius 2 is 2.08 bits per heavy atom. The van der Waals surface area contributed by atoms with Crippen LogP contribution in [0.1, 0.15) is 13.8 Å². The summed E-state index contributed by atoms with van der Waals surface area (Å²) in [5.41, 5.74) is 0. The summed E-state index contributed by atoms with van der Waals surface area (Å²) in [5, 5.41) is 0. The highest BCUT2D eigenvalue weighted by atomic mass is 16.8. The van der Waals surface area contributed by atoms with Crippen LogP contribution >= 0.6 is 0 Å². The normalized spacial score (nSPS) is 17.8. The fourth-order valence-corrected chi connectivity index (χ4v) is 0.866. The van der Waals surface area contributed by atoms with Gasteiger partial charge in [0.2, 0.25) is 0 Å². The average molecular weight is 190 g/mol. The van der Waals surface area contributed by atoms with Gasteiger partial charge in [0.25, 0.3) is 0 Å². The highest BCUT2D eigenvalue weighted by Gasteiger charge is 2.18. The van der Waals surface area contributed by atoms with Crippen LogP contribution in [-0.4, -0.2) is 38.4 Å². The Balaban J connectivity index is 2.07. The number of carbonyl (C=O) groups excluding carboxylic acids is 1. The van der Waals surface area contributed by atoms with Gasteiger partial charge in [-0.15, -0.1) is 0 Å². The Kier molecular flexibility index (Phi) is 3.98. The molecule has 0 aromatic rings. The molecule has 1 heterocycles. The standard InChI is InChI=1S/C8H14O5/c1-6(2)13-8(9)12-5-7-10-3-4-11-7/h6-7H,3-5H2,1-2H3. The lowest BCUT2D eigenvalue weighted by Gasteiger charge is -2.11. The van der Waals surface area contributed by atoms with E-state index in [9.17, 15) is 4.79 Å². The fraction of sp³-hybridized carbons (Fsp3) is 0.875. The van der Waals surface area contributed by atoms with Crippen molar-refractivity contribution in [1.82, 2.24) is 0 Å². The van der Waals surface area contributed by atoms with Gasteiger partial charge in [-0.3, -0.25) is 0 Å². The van der Waals surface area contributed by atoms with Crippen LogP contribution in [0.15, 0.2) is 0 Å². The first-order valence-corrected chi connectivity index (χ1v) is 4.25. The molecule has 0 aliphatic carbocycles. The van der Waals surface area contributed by atoms with E-state index in [0.717, 1.165) is 0 Å². The summed E-state index contributed by atoms with van der Waals surface area (Å²) < 4.78 is 19.6. The van der Waals surface area contributed by atoms with Crippen molar-refractivity contribution in [2.75, 3.05) is 19.8 Å². The van der Waals surface area contributed by atoms with E-state index in [-0.39, 0.29) is 12.7 Å². The molecule has 0 aromatic heterocycles. The molecule has 1 rings (SSSR count).